The highest BCUT2D eigenvalue weighted by atomic mass is 32.2. The van der Waals surface area contributed by atoms with Crippen LogP contribution < -0.4 is 5.10 Å². The van der Waals surface area contributed by atoms with E-state index < -0.39 is 9.84 Å². The Morgan fingerprint density at radius 2 is 1.43 bits per heavy atom. The van der Waals surface area contributed by atoms with Gasteiger partial charge in [-0.25, -0.2) is 8.42 Å². The van der Waals surface area contributed by atoms with Crippen LogP contribution in [0.15, 0.2) is 22.2 Å². The molecule has 6 nitrogen and oxygen atoms in total. The van der Waals surface area contributed by atoms with E-state index in [0.717, 1.165) is 16.7 Å². The van der Waals surface area contributed by atoms with Crippen molar-refractivity contribution in [1.29, 1.82) is 0 Å². The van der Waals surface area contributed by atoms with Gasteiger partial charge in [0.25, 0.3) is 0 Å². The van der Waals surface area contributed by atoms with Crippen LogP contribution >= 0.6 is 0 Å². The van der Waals surface area contributed by atoms with Crippen LogP contribution in [0.1, 0.15) is 76.0 Å². The monoisotopic (exact) mass is 335 g/mol. The van der Waals surface area contributed by atoms with Crippen LogP contribution in [0.4, 0.5) is 0 Å². The first-order chi connectivity index (χ1) is 10.7. The molecule has 1 heterocycles. The first-order valence-electron chi connectivity index (χ1n) is 7.77. The number of aromatic nitrogens is 4. The molecule has 0 saturated heterocycles. The Morgan fingerprint density at radius 1 is 0.913 bits per heavy atom. The molecule has 0 spiro atoms. The molecule has 1 aromatic carbocycles. The third-order valence-electron chi connectivity index (χ3n) is 3.89. The number of benzene rings is 1. The molecule has 0 atom stereocenters. The minimum absolute atomic E-state index is 0.0619. The maximum atomic E-state index is 13.0. The Hall–Kier alpha value is -1.76. The van der Waals surface area contributed by atoms with E-state index in [1.807, 2.05) is 39.8 Å². The molecule has 2 rings (SSSR count). The average Bonchev–Trinajstić information content (AvgIpc) is 3.00. The number of tetrazole rings is 1. The highest BCUT2D eigenvalue weighted by molar-refractivity contribution is 7.91. The van der Waals surface area contributed by atoms with Crippen LogP contribution in [0.5, 0.6) is 0 Å². The number of nitrogens with zero attached hydrogens (tertiary/aromatic N) is 4. The fraction of sp³-hybridized carbons (Fsp3) is 0.562. The van der Waals surface area contributed by atoms with Gasteiger partial charge < -0.3 is 5.10 Å². The molecule has 0 saturated carbocycles. The summed E-state index contributed by atoms with van der Waals surface area (Å²) in [5, 5.41) is 13.4. The zero-order valence-corrected chi connectivity index (χ0v) is 15.2. The topological polar surface area (TPSA) is 86.9 Å². The lowest BCUT2D eigenvalue weighted by Crippen LogP contribution is -2.14. The van der Waals surface area contributed by atoms with Crippen LogP contribution in [-0.4, -0.2) is 23.9 Å². The predicted molar refractivity (Wildman–Crippen MR) is 87.3 cm³/mol. The third kappa shape index (κ3) is 3.29. The van der Waals surface area contributed by atoms with Crippen LogP contribution in [0.2, 0.25) is 0 Å². The molecule has 0 unspecified atom stereocenters. The molecule has 0 aliphatic carbocycles. The molecule has 126 valence electrons. The van der Waals surface area contributed by atoms with Crippen LogP contribution in [-0.2, 0) is 9.84 Å². The lowest BCUT2D eigenvalue weighted by molar-refractivity contribution is 0.581. The molecular weight excluding hydrogens is 312 g/mol. The Balaban J connectivity index is 2.85. The molecule has 7 heteroatoms. The summed E-state index contributed by atoms with van der Waals surface area (Å²) in [6.07, 6.45) is 0. The summed E-state index contributed by atoms with van der Waals surface area (Å²) < 4.78 is 26.0. The second-order valence-electron chi connectivity index (χ2n) is 6.66. The molecule has 0 bridgehead atoms. The second kappa shape index (κ2) is 6.39. The molecule has 1 aromatic heterocycles. The third-order valence-corrected chi connectivity index (χ3v) is 5.54. The fourth-order valence-corrected chi connectivity index (χ4v) is 4.22. The van der Waals surface area contributed by atoms with Gasteiger partial charge in [-0.3, -0.25) is 10.3 Å². The largest absolute Gasteiger partial charge is 0.320 e. The minimum atomic E-state index is -3.84. The Labute approximate surface area is 137 Å². The number of sulfone groups is 1. The lowest BCUT2D eigenvalue weighted by atomic mass is 9.89. The molecule has 0 aliphatic heterocycles. The van der Waals surface area contributed by atoms with E-state index in [-0.39, 0.29) is 17.0 Å². The van der Waals surface area contributed by atoms with Crippen molar-refractivity contribution >= 4 is 9.84 Å². The zero-order chi connectivity index (χ0) is 17.4. The van der Waals surface area contributed by atoms with Gasteiger partial charge in [0.2, 0.25) is 9.84 Å². The standard InChI is InChI=1S/C16H23N4O2S/c1-9(2)12-7-13(10(3)4)15(14(8-12)11(5)6)23(21,22)16-17-19-20-18-16/h7-11H,1-6H3/q-1. The Kier molecular flexibility index (Phi) is 4.89. The van der Waals surface area contributed by atoms with E-state index in [1.165, 1.54) is 0 Å². The number of rotatable bonds is 5. The van der Waals surface area contributed by atoms with Gasteiger partial charge in [-0.15, -0.1) is 0 Å². The number of hydrogen-bond donors (Lipinski definition) is 0. The van der Waals surface area contributed by atoms with Crippen molar-refractivity contribution in [2.75, 3.05) is 0 Å². The highest BCUT2D eigenvalue weighted by Crippen LogP contribution is 2.36. The van der Waals surface area contributed by atoms with Crippen LogP contribution in [0, 0.1) is 0 Å². The van der Waals surface area contributed by atoms with E-state index in [1.54, 1.807) is 0 Å². The van der Waals surface area contributed by atoms with Gasteiger partial charge in [0, 0.05) is 0 Å². The van der Waals surface area contributed by atoms with Crippen molar-refractivity contribution in [3.05, 3.63) is 28.8 Å². The van der Waals surface area contributed by atoms with E-state index in [4.69, 9.17) is 0 Å². The maximum Gasteiger partial charge on any atom is 0.214 e. The van der Waals surface area contributed by atoms with E-state index >= 15 is 0 Å². The first-order valence-corrected chi connectivity index (χ1v) is 9.26. The maximum absolute atomic E-state index is 13.0. The summed E-state index contributed by atoms with van der Waals surface area (Å²) in [4.78, 5) is 0.307. The first kappa shape index (κ1) is 17.6. The van der Waals surface area contributed by atoms with Crippen molar-refractivity contribution in [2.24, 2.45) is 0 Å². The molecule has 0 N–H and O–H groups in total. The molecule has 0 amide bonds. The van der Waals surface area contributed by atoms with Crippen molar-refractivity contribution in [1.82, 2.24) is 20.6 Å². The Bertz CT molecular complexity index is 749. The summed E-state index contributed by atoms with van der Waals surface area (Å²) >= 11 is 0. The SMILES string of the molecule is CC(C)c1cc(C(C)C)c(S(=O)(=O)c2nnn[n-]2)c(C(C)C)c1. The minimum Gasteiger partial charge on any atom is -0.320 e. The zero-order valence-electron chi connectivity index (χ0n) is 14.4. The molecule has 0 radical (unpaired) electrons. The number of hydrogen-bond acceptors (Lipinski definition) is 5. The molecular formula is C16H23N4O2S-. The van der Waals surface area contributed by atoms with Crippen molar-refractivity contribution in [3.63, 3.8) is 0 Å². The van der Waals surface area contributed by atoms with Gasteiger partial charge in [-0.2, -0.15) is 5.21 Å². The van der Waals surface area contributed by atoms with Gasteiger partial charge >= 0.3 is 0 Å². The predicted octanol–water partition coefficient (Wildman–Crippen LogP) is 3.03. The van der Waals surface area contributed by atoms with Gasteiger partial charge in [-0.05, 0) is 34.4 Å². The van der Waals surface area contributed by atoms with E-state index in [2.05, 4.69) is 34.5 Å². The summed E-state index contributed by atoms with van der Waals surface area (Å²) in [6, 6.07) is 3.97. The van der Waals surface area contributed by atoms with Gasteiger partial charge in [0.1, 0.15) is 5.16 Å². The second-order valence-corrected chi connectivity index (χ2v) is 8.44. The molecule has 0 fully saturated rings. The van der Waals surface area contributed by atoms with E-state index in [9.17, 15) is 8.42 Å². The van der Waals surface area contributed by atoms with Crippen molar-refractivity contribution in [2.45, 2.75) is 69.3 Å². The normalized spacial score (nSPS) is 12.6. The molecule has 0 aliphatic rings. The summed E-state index contributed by atoms with van der Waals surface area (Å²) in [5.41, 5.74) is 2.73. The van der Waals surface area contributed by atoms with Crippen LogP contribution in [0.3, 0.4) is 0 Å². The fourth-order valence-electron chi connectivity index (χ4n) is 2.54. The summed E-state index contributed by atoms with van der Waals surface area (Å²) in [5.74, 6) is 0.443. The lowest BCUT2D eigenvalue weighted by Gasteiger charge is -2.22. The van der Waals surface area contributed by atoms with Crippen molar-refractivity contribution < 1.29 is 8.42 Å². The van der Waals surface area contributed by atoms with Gasteiger partial charge in [0.15, 0.2) is 0 Å². The van der Waals surface area contributed by atoms with Gasteiger partial charge in [-0.1, -0.05) is 53.7 Å². The smallest absolute Gasteiger partial charge is 0.214 e. The average molecular weight is 335 g/mol. The summed E-state index contributed by atoms with van der Waals surface area (Å²) in [6.45, 7) is 12.2. The molecule has 2 aromatic rings. The summed E-state index contributed by atoms with van der Waals surface area (Å²) in [7, 11) is -3.84. The van der Waals surface area contributed by atoms with Crippen LogP contribution in [0.25, 0.3) is 0 Å². The highest BCUT2D eigenvalue weighted by Gasteiger charge is 2.28. The molecule has 23 heavy (non-hydrogen) atoms. The van der Waals surface area contributed by atoms with Crippen molar-refractivity contribution in [3.8, 4) is 0 Å². The Morgan fingerprint density at radius 3 is 1.78 bits per heavy atom. The van der Waals surface area contributed by atoms with Gasteiger partial charge in [0.05, 0.1) is 4.90 Å². The van der Waals surface area contributed by atoms with E-state index in [0.29, 0.717) is 10.8 Å². The quantitative estimate of drug-likeness (QED) is 0.834.